The number of fused-ring (bicyclic) bond motifs is 1. The first-order valence-electron chi connectivity index (χ1n) is 11.8. The molecule has 0 spiro atoms. The van der Waals surface area contributed by atoms with Gasteiger partial charge in [-0.25, -0.2) is 4.98 Å². The zero-order valence-corrected chi connectivity index (χ0v) is 21.5. The molecule has 0 bridgehead atoms. The van der Waals surface area contributed by atoms with Crippen molar-refractivity contribution >= 4 is 34.0 Å². The molecule has 9 heteroatoms. The van der Waals surface area contributed by atoms with Crippen LogP contribution in [0.3, 0.4) is 0 Å². The maximum Gasteiger partial charge on any atom is 0.149 e. The van der Waals surface area contributed by atoms with E-state index in [1.54, 1.807) is 25.6 Å². The van der Waals surface area contributed by atoms with E-state index in [2.05, 4.69) is 26.4 Å². The standard InChI is InChI=1S/C25H34N4O3S2/c1-31-20-4-6-23-22(15-20)21(7-9-26-23)24(28-32-2)5-3-18-8-11-29(16-19(18)17-30)12-14-34-25-27-10-13-33-25/h4,6-7,9-10,13,15,18-19,24,28,30H,3,5,8,11-12,14,16-17H2,1-2H3/t18-,19-,24-/m1/s1. The number of aliphatic hydroxyl groups is 1. The van der Waals surface area contributed by atoms with Crippen molar-refractivity contribution in [3.63, 3.8) is 0 Å². The van der Waals surface area contributed by atoms with E-state index in [1.807, 2.05) is 47.7 Å². The molecule has 3 heterocycles. The van der Waals surface area contributed by atoms with Gasteiger partial charge in [0.2, 0.25) is 0 Å². The lowest BCUT2D eigenvalue weighted by Gasteiger charge is -2.38. The largest absolute Gasteiger partial charge is 0.497 e. The SMILES string of the molecule is CON[C@H](CC[C@@H]1CCN(CCSc2nccs2)C[C@@H]1CO)c1ccnc2ccc(OC)cc12. The first-order chi connectivity index (χ1) is 16.7. The molecule has 2 aromatic heterocycles. The molecule has 34 heavy (non-hydrogen) atoms. The average molecular weight is 503 g/mol. The highest BCUT2D eigenvalue weighted by Gasteiger charge is 2.29. The lowest BCUT2D eigenvalue weighted by molar-refractivity contribution is 0.0434. The summed E-state index contributed by atoms with van der Waals surface area (Å²) in [5.74, 6) is 2.65. The van der Waals surface area contributed by atoms with E-state index in [0.29, 0.717) is 11.8 Å². The maximum absolute atomic E-state index is 10.1. The molecular weight excluding hydrogens is 468 g/mol. The number of thioether (sulfide) groups is 1. The van der Waals surface area contributed by atoms with Gasteiger partial charge < -0.3 is 19.6 Å². The Hall–Kier alpha value is -1.75. The lowest BCUT2D eigenvalue weighted by atomic mass is 9.81. The second kappa shape index (κ2) is 12.8. The third-order valence-electron chi connectivity index (χ3n) is 6.70. The minimum Gasteiger partial charge on any atom is -0.497 e. The second-order valence-corrected chi connectivity index (χ2v) is 10.9. The van der Waals surface area contributed by atoms with Gasteiger partial charge in [0.15, 0.2) is 0 Å². The third-order valence-corrected chi connectivity index (χ3v) is 8.64. The Morgan fingerprint density at radius 3 is 2.91 bits per heavy atom. The van der Waals surface area contributed by atoms with Crippen LogP contribution in [0.2, 0.25) is 0 Å². The number of nitrogens with one attached hydrogen (secondary N) is 1. The zero-order valence-electron chi connectivity index (χ0n) is 19.9. The highest BCUT2D eigenvalue weighted by atomic mass is 32.2. The minimum atomic E-state index is 0.0367. The Bertz CT molecular complexity index is 1020. The number of benzene rings is 1. The Kier molecular flexibility index (Phi) is 9.55. The molecule has 7 nitrogen and oxygen atoms in total. The normalized spacial score (nSPS) is 20.0. The first kappa shape index (κ1) is 25.3. The second-order valence-electron chi connectivity index (χ2n) is 8.67. The molecule has 1 aromatic carbocycles. The van der Waals surface area contributed by atoms with E-state index in [0.717, 1.165) is 71.2 Å². The fourth-order valence-corrected chi connectivity index (χ4v) is 6.58. The van der Waals surface area contributed by atoms with Crippen LogP contribution in [0.4, 0.5) is 0 Å². The molecule has 1 aliphatic rings. The van der Waals surface area contributed by atoms with E-state index in [9.17, 15) is 5.11 Å². The number of pyridine rings is 1. The molecule has 1 fully saturated rings. The number of aromatic nitrogens is 2. The van der Waals surface area contributed by atoms with Crippen molar-refractivity contribution < 1.29 is 14.7 Å². The summed E-state index contributed by atoms with van der Waals surface area (Å²) in [5, 5.41) is 13.2. The fraction of sp³-hybridized carbons (Fsp3) is 0.520. The highest BCUT2D eigenvalue weighted by molar-refractivity contribution is 8.01. The number of thiazole rings is 1. The first-order valence-corrected chi connectivity index (χ1v) is 13.6. The van der Waals surface area contributed by atoms with Crippen molar-refractivity contribution in [1.82, 2.24) is 20.3 Å². The van der Waals surface area contributed by atoms with E-state index in [4.69, 9.17) is 9.57 Å². The average Bonchev–Trinajstić information content (AvgIpc) is 3.40. The number of hydroxylamine groups is 1. The Balaban J connectivity index is 1.36. The van der Waals surface area contributed by atoms with Gasteiger partial charge in [-0.2, -0.15) is 5.48 Å². The van der Waals surface area contributed by atoms with E-state index in [-0.39, 0.29) is 12.6 Å². The number of piperidine rings is 1. The van der Waals surface area contributed by atoms with Crippen LogP contribution >= 0.6 is 23.1 Å². The summed E-state index contributed by atoms with van der Waals surface area (Å²) in [6, 6.07) is 8.07. The van der Waals surface area contributed by atoms with Crippen molar-refractivity contribution in [3.05, 3.63) is 47.6 Å². The number of rotatable bonds is 12. The van der Waals surface area contributed by atoms with E-state index < -0.39 is 0 Å². The van der Waals surface area contributed by atoms with Crippen molar-refractivity contribution in [1.29, 1.82) is 0 Å². The van der Waals surface area contributed by atoms with Gasteiger partial charge in [-0.05, 0) is 67.5 Å². The molecule has 0 aliphatic carbocycles. The molecule has 0 unspecified atom stereocenters. The smallest absolute Gasteiger partial charge is 0.149 e. The van der Waals surface area contributed by atoms with Gasteiger partial charge >= 0.3 is 0 Å². The predicted octanol–water partition coefficient (Wildman–Crippen LogP) is 4.39. The number of nitrogens with zero attached hydrogens (tertiary/aromatic N) is 3. The third kappa shape index (κ3) is 6.47. The predicted molar refractivity (Wildman–Crippen MR) is 138 cm³/mol. The Morgan fingerprint density at radius 2 is 2.15 bits per heavy atom. The van der Waals surface area contributed by atoms with Crippen molar-refractivity contribution in [2.24, 2.45) is 11.8 Å². The maximum atomic E-state index is 10.1. The van der Waals surface area contributed by atoms with Gasteiger partial charge in [0, 0.05) is 48.6 Å². The molecule has 3 aromatic rings. The van der Waals surface area contributed by atoms with Crippen molar-refractivity contribution in [2.45, 2.75) is 29.6 Å². The molecule has 0 saturated carbocycles. The topological polar surface area (TPSA) is 79.7 Å². The Morgan fingerprint density at radius 1 is 1.24 bits per heavy atom. The fourth-order valence-electron chi connectivity index (χ4n) is 4.87. The van der Waals surface area contributed by atoms with Crippen LogP contribution in [-0.4, -0.2) is 66.2 Å². The van der Waals surface area contributed by atoms with Gasteiger partial charge in [-0.1, -0.05) is 11.8 Å². The van der Waals surface area contributed by atoms with Gasteiger partial charge in [-0.15, -0.1) is 11.3 Å². The number of likely N-dealkylation sites (tertiary alicyclic amines) is 1. The molecule has 0 amide bonds. The number of methoxy groups -OCH3 is 1. The number of hydrogen-bond donors (Lipinski definition) is 2. The van der Waals surface area contributed by atoms with Crippen LogP contribution in [0, 0.1) is 11.8 Å². The molecule has 1 saturated heterocycles. The summed E-state index contributed by atoms with van der Waals surface area (Å²) >= 11 is 3.51. The van der Waals surface area contributed by atoms with Crippen LogP contribution in [0.15, 0.2) is 46.4 Å². The summed E-state index contributed by atoms with van der Waals surface area (Å²) in [7, 11) is 3.34. The van der Waals surface area contributed by atoms with E-state index >= 15 is 0 Å². The van der Waals surface area contributed by atoms with Crippen LogP contribution in [-0.2, 0) is 4.84 Å². The molecule has 3 atom stereocenters. The minimum absolute atomic E-state index is 0.0367. The van der Waals surface area contributed by atoms with Crippen molar-refractivity contribution in [2.75, 3.05) is 46.2 Å². The van der Waals surface area contributed by atoms with Crippen LogP contribution in [0.1, 0.15) is 30.9 Å². The van der Waals surface area contributed by atoms with Crippen LogP contribution in [0.5, 0.6) is 5.75 Å². The van der Waals surface area contributed by atoms with Gasteiger partial charge in [0.1, 0.15) is 10.1 Å². The van der Waals surface area contributed by atoms with E-state index in [1.165, 1.54) is 0 Å². The summed E-state index contributed by atoms with van der Waals surface area (Å²) in [6.07, 6.45) is 6.77. The number of aliphatic hydroxyl groups excluding tert-OH is 1. The monoisotopic (exact) mass is 502 g/mol. The quantitative estimate of drug-likeness (QED) is 0.279. The van der Waals surface area contributed by atoms with Crippen LogP contribution in [0.25, 0.3) is 10.9 Å². The van der Waals surface area contributed by atoms with Crippen molar-refractivity contribution in [3.8, 4) is 5.75 Å². The van der Waals surface area contributed by atoms with Gasteiger partial charge in [0.05, 0.1) is 25.8 Å². The molecule has 0 radical (unpaired) electrons. The van der Waals surface area contributed by atoms with Gasteiger partial charge in [-0.3, -0.25) is 4.98 Å². The molecular formula is C25H34N4O3S2. The van der Waals surface area contributed by atoms with Crippen LogP contribution < -0.4 is 10.2 Å². The summed E-state index contributed by atoms with van der Waals surface area (Å²) in [6.45, 7) is 3.30. The lowest BCUT2D eigenvalue weighted by Crippen LogP contribution is -2.43. The molecule has 1 aliphatic heterocycles. The highest BCUT2D eigenvalue weighted by Crippen LogP contribution is 2.34. The summed E-state index contributed by atoms with van der Waals surface area (Å²) in [4.78, 5) is 16.7. The van der Waals surface area contributed by atoms with Gasteiger partial charge in [0.25, 0.3) is 0 Å². The zero-order chi connectivity index (χ0) is 23.8. The summed E-state index contributed by atoms with van der Waals surface area (Å²) < 4.78 is 6.57. The number of hydrogen-bond acceptors (Lipinski definition) is 9. The summed E-state index contributed by atoms with van der Waals surface area (Å²) in [5.41, 5.74) is 5.30. The molecule has 184 valence electrons. The number of ether oxygens (including phenoxy) is 1. The molecule has 4 rings (SSSR count). The Labute approximate surface area is 209 Å². The molecule has 2 N–H and O–H groups in total.